The van der Waals surface area contributed by atoms with Crippen LogP contribution < -0.4 is 0 Å². The highest BCUT2D eigenvalue weighted by molar-refractivity contribution is 6.77. The third-order valence-corrected chi connectivity index (χ3v) is 10.5. The van der Waals surface area contributed by atoms with Crippen LogP contribution in [0.4, 0.5) is 13.2 Å². The third-order valence-electron chi connectivity index (χ3n) is 4.48. The van der Waals surface area contributed by atoms with E-state index in [2.05, 4.69) is 41.5 Å². The Hall–Kier alpha value is -0.813. The Morgan fingerprint density at radius 2 is 1.27 bits per heavy atom. The van der Waals surface area contributed by atoms with Crippen LogP contribution in [0, 0.1) is 0 Å². The van der Waals surface area contributed by atoms with Gasteiger partial charge in [0.25, 0.3) is 0 Å². The van der Waals surface area contributed by atoms with Crippen LogP contribution >= 0.6 is 0 Å². The number of hydrogen-bond acceptors (Lipinski definition) is 1. The summed E-state index contributed by atoms with van der Waals surface area (Å²) < 4.78 is 44.1. The first-order valence-corrected chi connectivity index (χ1v) is 9.96. The van der Waals surface area contributed by atoms with Gasteiger partial charge in [-0.3, -0.25) is 0 Å². The van der Waals surface area contributed by atoms with Crippen molar-refractivity contribution in [3.63, 3.8) is 0 Å². The molecule has 0 saturated carbocycles. The Bertz CT molecular complexity index is 442. The smallest absolute Gasteiger partial charge is 0.412 e. The first-order chi connectivity index (χ1) is 10.0. The Kier molecular flexibility index (Phi) is 6.27. The molecule has 0 unspecified atom stereocenters. The van der Waals surface area contributed by atoms with E-state index in [0.717, 1.165) is 17.7 Å². The third kappa shape index (κ3) is 4.13. The minimum Gasteiger partial charge on any atom is -0.412 e. The van der Waals surface area contributed by atoms with Gasteiger partial charge in [0.1, 0.15) is 0 Å². The first kappa shape index (κ1) is 19.2. The molecule has 1 aromatic carbocycles. The van der Waals surface area contributed by atoms with E-state index >= 15 is 0 Å². The predicted octanol–water partition coefficient (Wildman–Crippen LogP) is 6.40. The monoisotopic (exact) mass is 332 g/mol. The van der Waals surface area contributed by atoms with Gasteiger partial charge in [0.15, 0.2) is 0 Å². The van der Waals surface area contributed by atoms with Crippen LogP contribution in [-0.4, -0.2) is 8.32 Å². The zero-order valence-corrected chi connectivity index (χ0v) is 15.3. The van der Waals surface area contributed by atoms with E-state index in [1.54, 1.807) is 0 Å². The maximum atomic E-state index is 12.6. The molecule has 0 bridgehead atoms. The van der Waals surface area contributed by atoms with Crippen molar-refractivity contribution in [2.24, 2.45) is 0 Å². The molecule has 0 heterocycles. The number of benzene rings is 1. The topological polar surface area (TPSA) is 9.23 Å². The molecule has 1 aromatic rings. The maximum Gasteiger partial charge on any atom is 0.416 e. The highest BCUT2D eigenvalue weighted by Gasteiger charge is 2.44. The van der Waals surface area contributed by atoms with E-state index in [9.17, 15) is 13.2 Å². The Balaban J connectivity index is 2.90. The van der Waals surface area contributed by atoms with E-state index in [1.807, 2.05) is 0 Å². The standard InChI is InChI=1S/C17H27F3OSi/c1-12(2)22(13(3)4,14(5)6)21-11-15-7-9-16(10-8-15)17(18,19)20/h7-10,12-14H,11H2,1-6H3. The highest BCUT2D eigenvalue weighted by atomic mass is 28.4. The van der Waals surface area contributed by atoms with Gasteiger partial charge >= 0.3 is 6.18 Å². The van der Waals surface area contributed by atoms with Crippen LogP contribution in [0.5, 0.6) is 0 Å². The van der Waals surface area contributed by atoms with Crippen molar-refractivity contribution in [3.05, 3.63) is 35.4 Å². The molecule has 0 atom stereocenters. The minimum absolute atomic E-state index is 0.388. The average molecular weight is 332 g/mol. The molecule has 0 aliphatic heterocycles. The molecule has 5 heteroatoms. The molecule has 0 amide bonds. The van der Waals surface area contributed by atoms with Gasteiger partial charge in [0.05, 0.1) is 12.2 Å². The Morgan fingerprint density at radius 1 is 0.864 bits per heavy atom. The molecule has 0 radical (unpaired) electrons. The molecule has 0 aliphatic carbocycles. The van der Waals surface area contributed by atoms with Crippen LogP contribution in [0.15, 0.2) is 24.3 Å². The van der Waals surface area contributed by atoms with Crippen LogP contribution in [0.1, 0.15) is 52.7 Å². The van der Waals surface area contributed by atoms with Crippen molar-refractivity contribution in [3.8, 4) is 0 Å². The lowest BCUT2D eigenvalue weighted by Gasteiger charge is -2.42. The molecule has 1 nitrogen and oxygen atoms in total. The predicted molar refractivity (Wildman–Crippen MR) is 87.3 cm³/mol. The molecule has 0 N–H and O–H groups in total. The van der Waals surface area contributed by atoms with E-state index in [4.69, 9.17) is 4.43 Å². The fourth-order valence-electron chi connectivity index (χ4n) is 3.50. The van der Waals surface area contributed by atoms with E-state index in [1.165, 1.54) is 12.1 Å². The van der Waals surface area contributed by atoms with Crippen molar-refractivity contribution >= 4 is 8.32 Å². The molecule has 1 rings (SSSR count). The second kappa shape index (κ2) is 7.17. The number of halogens is 3. The molecule has 0 aliphatic rings. The van der Waals surface area contributed by atoms with Gasteiger partial charge in [-0.15, -0.1) is 0 Å². The molecule has 0 aromatic heterocycles. The summed E-state index contributed by atoms with van der Waals surface area (Å²) >= 11 is 0. The van der Waals surface area contributed by atoms with E-state index in [0.29, 0.717) is 23.2 Å². The second-order valence-electron chi connectivity index (χ2n) is 6.80. The number of hydrogen-bond donors (Lipinski definition) is 0. The fraction of sp³-hybridized carbons (Fsp3) is 0.647. The van der Waals surface area contributed by atoms with Gasteiger partial charge < -0.3 is 4.43 Å². The van der Waals surface area contributed by atoms with Gasteiger partial charge in [-0.05, 0) is 34.3 Å². The summed E-state index contributed by atoms with van der Waals surface area (Å²) in [5, 5.41) is 0. The summed E-state index contributed by atoms with van der Waals surface area (Å²) in [7, 11) is -1.98. The van der Waals surface area contributed by atoms with Gasteiger partial charge in [0, 0.05) is 0 Å². The first-order valence-electron chi connectivity index (χ1n) is 7.81. The largest absolute Gasteiger partial charge is 0.416 e. The SMILES string of the molecule is CC(C)[Si](OCc1ccc(C(F)(F)F)cc1)(C(C)C)C(C)C. The van der Waals surface area contributed by atoms with Crippen LogP contribution in [0.25, 0.3) is 0 Å². The number of alkyl halides is 3. The van der Waals surface area contributed by atoms with Crippen molar-refractivity contribution in [1.29, 1.82) is 0 Å². The van der Waals surface area contributed by atoms with Gasteiger partial charge in [-0.1, -0.05) is 53.7 Å². The summed E-state index contributed by atoms with van der Waals surface area (Å²) in [5.41, 5.74) is 1.56. The van der Waals surface area contributed by atoms with E-state index in [-0.39, 0.29) is 0 Å². The molecule has 126 valence electrons. The minimum atomic E-state index is -4.29. The normalized spacial score (nSPS) is 13.5. The molecule has 0 saturated heterocycles. The maximum absolute atomic E-state index is 12.6. The van der Waals surface area contributed by atoms with Crippen LogP contribution in [0.2, 0.25) is 16.6 Å². The Morgan fingerprint density at radius 3 is 1.59 bits per heavy atom. The van der Waals surface area contributed by atoms with Crippen molar-refractivity contribution in [1.82, 2.24) is 0 Å². The average Bonchev–Trinajstić information content (AvgIpc) is 2.37. The highest BCUT2D eigenvalue weighted by Crippen LogP contribution is 2.42. The van der Waals surface area contributed by atoms with Crippen molar-refractivity contribution in [2.45, 2.75) is 70.9 Å². The molecule has 0 spiro atoms. The van der Waals surface area contributed by atoms with E-state index < -0.39 is 20.1 Å². The van der Waals surface area contributed by atoms with Gasteiger partial charge in [-0.2, -0.15) is 13.2 Å². The Labute approximate surface area is 133 Å². The molecule has 22 heavy (non-hydrogen) atoms. The number of rotatable bonds is 6. The lowest BCUT2D eigenvalue weighted by molar-refractivity contribution is -0.137. The zero-order valence-electron chi connectivity index (χ0n) is 14.3. The van der Waals surface area contributed by atoms with Crippen LogP contribution in [0.3, 0.4) is 0 Å². The summed E-state index contributed by atoms with van der Waals surface area (Å²) in [6.07, 6.45) is -4.29. The lowest BCUT2D eigenvalue weighted by Crippen LogP contribution is -2.47. The van der Waals surface area contributed by atoms with Crippen molar-refractivity contribution in [2.75, 3.05) is 0 Å². The summed E-state index contributed by atoms with van der Waals surface area (Å²) in [6.45, 7) is 13.5. The second-order valence-corrected chi connectivity index (χ2v) is 12.3. The summed E-state index contributed by atoms with van der Waals surface area (Å²) in [6, 6.07) is 5.29. The molecular weight excluding hydrogens is 305 g/mol. The zero-order chi connectivity index (χ0) is 17.1. The lowest BCUT2D eigenvalue weighted by atomic mass is 10.1. The van der Waals surface area contributed by atoms with Crippen LogP contribution in [-0.2, 0) is 17.2 Å². The summed E-state index contributed by atoms with van der Waals surface area (Å²) in [5.74, 6) is 0. The molecule has 0 fully saturated rings. The molecular formula is C17H27F3OSi. The van der Waals surface area contributed by atoms with Gasteiger partial charge in [-0.25, -0.2) is 0 Å². The summed E-state index contributed by atoms with van der Waals surface area (Å²) in [4.78, 5) is 0. The fourth-order valence-corrected chi connectivity index (χ4v) is 8.91. The van der Waals surface area contributed by atoms with Crippen molar-refractivity contribution < 1.29 is 17.6 Å². The quantitative estimate of drug-likeness (QED) is 0.548. The van der Waals surface area contributed by atoms with Gasteiger partial charge in [0.2, 0.25) is 8.32 Å².